The maximum atomic E-state index is 12.3. The second kappa shape index (κ2) is 8.16. The smallest absolute Gasteiger partial charge is 0.257 e. The number of ether oxygens (including phenoxy) is 3. The van der Waals surface area contributed by atoms with Crippen LogP contribution in [-0.2, 0) is 0 Å². The lowest BCUT2D eigenvalue weighted by molar-refractivity contribution is 0.0977. The van der Waals surface area contributed by atoms with E-state index >= 15 is 0 Å². The normalized spacial score (nSPS) is 9.79. The topological polar surface area (TPSA) is 68.8 Å². The lowest BCUT2D eigenvalue weighted by Gasteiger charge is -2.11. The fraction of sp³-hybridized carbons (Fsp3) is 0.176. The van der Waals surface area contributed by atoms with Crippen LogP contribution in [0.4, 0.5) is 5.69 Å². The van der Waals surface area contributed by atoms with E-state index in [4.69, 9.17) is 26.4 Å². The van der Waals surface area contributed by atoms with Crippen molar-refractivity contribution in [1.82, 2.24) is 5.32 Å². The Morgan fingerprint density at radius 3 is 1.92 bits per heavy atom. The molecule has 0 radical (unpaired) electrons. The van der Waals surface area contributed by atoms with Crippen LogP contribution in [0.1, 0.15) is 10.4 Å². The number of carbonyl (C=O) groups excluding carboxylic acids is 1. The minimum atomic E-state index is -0.363. The van der Waals surface area contributed by atoms with Crippen molar-refractivity contribution in [3.05, 3.63) is 48.0 Å². The summed E-state index contributed by atoms with van der Waals surface area (Å²) in [6.07, 6.45) is 0. The summed E-state index contributed by atoms with van der Waals surface area (Å²) in [5.41, 5.74) is 1.12. The average molecular weight is 346 g/mol. The zero-order valence-electron chi connectivity index (χ0n) is 13.6. The van der Waals surface area contributed by atoms with Gasteiger partial charge >= 0.3 is 0 Å². The van der Waals surface area contributed by atoms with Gasteiger partial charge in [0.25, 0.3) is 5.91 Å². The third kappa shape index (κ3) is 4.60. The van der Waals surface area contributed by atoms with Gasteiger partial charge in [-0.1, -0.05) is 0 Å². The van der Waals surface area contributed by atoms with Gasteiger partial charge in [0.1, 0.15) is 17.2 Å². The van der Waals surface area contributed by atoms with Gasteiger partial charge in [0, 0.05) is 17.3 Å². The van der Waals surface area contributed by atoms with E-state index in [1.54, 1.807) is 49.6 Å². The fourth-order valence-electron chi connectivity index (χ4n) is 1.95. The summed E-state index contributed by atoms with van der Waals surface area (Å²) in [6.45, 7) is 0. The molecule has 0 heterocycles. The van der Waals surface area contributed by atoms with Gasteiger partial charge in [0.15, 0.2) is 5.11 Å². The SMILES string of the molecule is COc1ccc(NC(=S)NC(=O)c2cc(OC)cc(OC)c2)cc1. The number of anilines is 1. The van der Waals surface area contributed by atoms with Crippen LogP contribution in [-0.4, -0.2) is 32.3 Å². The van der Waals surface area contributed by atoms with Crippen LogP contribution in [0.15, 0.2) is 42.5 Å². The Bertz CT molecular complexity index is 710. The second-order valence-corrected chi connectivity index (χ2v) is 5.15. The van der Waals surface area contributed by atoms with E-state index in [1.165, 1.54) is 14.2 Å². The first-order valence-electron chi connectivity index (χ1n) is 7.05. The summed E-state index contributed by atoms with van der Waals surface area (Å²) in [4.78, 5) is 12.3. The van der Waals surface area contributed by atoms with Gasteiger partial charge in [-0.15, -0.1) is 0 Å². The number of carbonyl (C=O) groups is 1. The molecule has 0 aromatic heterocycles. The number of hydrogen-bond acceptors (Lipinski definition) is 5. The van der Waals surface area contributed by atoms with Crippen molar-refractivity contribution in [3.63, 3.8) is 0 Å². The maximum Gasteiger partial charge on any atom is 0.257 e. The van der Waals surface area contributed by atoms with Gasteiger partial charge in [-0.2, -0.15) is 0 Å². The highest BCUT2D eigenvalue weighted by molar-refractivity contribution is 7.80. The van der Waals surface area contributed by atoms with Crippen molar-refractivity contribution < 1.29 is 19.0 Å². The Morgan fingerprint density at radius 2 is 1.42 bits per heavy atom. The standard InChI is InChI=1S/C17H18N2O4S/c1-21-13-6-4-12(5-7-13)18-17(24)19-16(20)11-8-14(22-2)10-15(9-11)23-3/h4-10H,1-3H3,(H2,18,19,20,24). The highest BCUT2D eigenvalue weighted by Crippen LogP contribution is 2.22. The van der Waals surface area contributed by atoms with Crippen LogP contribution >= 0.6 is 12.2 Å². The summed E-state index contributed by atoms with van der Waals surface area (Å²) in [5.74, 6) is 1.42. The van der Waals surface area contributed by atoms with Crippen molar-refractivity contribution in [3.8, 4) is 17.2 Å². The molecule has 0 aliphatic heterocycles. The molecule has 0 saturated heterocycles. The molecule has 0 fully saturated rings. The molecule has 0 atom stereocenters. The number of hydrogen-bond donors (Lipinski definition) is 2. The number of amides is 1. The first-order valence-corrected chi connectivity index (χ1v) is 7.46. The van der Waals surface area contributed by atoms with Crippen LogP contribution in [0.5, 0.6) is 17.2 Å². The number of thiocarbonyl (C=S) groups is 1. The summed E-state index contributed by atoms with van der Waals surface area (Å²) in [7, 11) is 4.63. The van der Waals surface area contributed by atoms with Gasteiger partial charge in [0.05, 0.1) is 21.3 Å². The quantitative estimate of drug-likeness (QED) is 0.812. The van der Waals surface area contributed by atoms with Crippen LogP contribution in [0.3, 0.4) is 0 Å². The first kappa shape index (κ1) is 17.6. The Kier molecular flexibility index (Phi) is 5.97. The fourth-order valence-corrected chi connectivity index (χ4v) is 2.16. The highest BCUT2D eigenvalue weighted by atomic mass is 32.1. The monoisotopic (exact) mass is 346 g/mol. The molecule has 24 heavy (non-hydrogen) atoms. The molecule has 126 valence electrons. The van der Waals surface area contributed by atoms with E-state index in [0.29, 0.717) is 17.1 Å². The van der Waals surface area contributed by atoms with E-state index in [0.717, 1.165) is 11.4 Å². The van der Waals surface area contributed by atoms with E-state index < -0.39 is 0 Å². The third-order valence-corrected chi connectivity index (χ3v) is 3.39. The Hall–Kier alpha value is -2.80. The molecule has 2 aromatic carbocycles. The van der Waals surface area contributed by atoms with Crippen molar-refractivity contribution in [2.24, 2.45) is 0 Å². The molecular formula is C17H18N2O4S. The largest absolute Gasteiger partial charge is 0.497 e. The molecule has 1 amide bonds. The third-order valence-electron chi connectivity index (χ3n) is 3.19. The van der Waals surface area contributed by atoms with E-state index in [9.17, 15) is 4.79 Å². The number of benzene rings is 2. The van der Waals surface area contributed by atoms with Crippen LogP contribution < -0.4 is 24.8 Å². The van der Waals surface area contributed by atoms with E-state index in [-0.39, 0.29) is 11.0 Å². The van der Waals surface area contributed by atoms with Gasteiger partial charge in [-0.3, -0.25) is 10.1 Å². The van der Waals surface area contributed by atoms with Crippen molar-refractivity contribution in [1.29, 1.82) is 0 Å². The number of rotatable bonds is 5. The zero-order chi connectivity index (χ0) is 17.5. The summed E-state index contributed by atoms with van der Waals surface area (Å²) in [5, 5.41) is 5.73. The molecule has 0 saturated carbocycles. The number of methoxy groups -OCH3 is 3. The lowest BCUT2D eigenvalue weighted by atomic mass is 10.2. The van der Waals surface area contributed by atoms with E-state index in [1.807, 2.05) is 0 Å². The summed E-state index contributed by atoms with van der Waals surface area (Å²) < 4.78 is 15.4. The number of nitrogens with one attached hydrogen (secondary N) is 2. The zero-order valence-corrected chi connectivity index (χ0v) is 14.4. The van der Waals surface area contributed by atoms with Gasteiger partial charge in [-0.05, 0) is 48.6 Å². The Morgan fingerprint density at radius 1 is 0.875 bits per heavy atom. The summed E-state index contributed by atoms with van der Waals surface area (Å²) >= 11 is 5.16. The first-order chi connectivity index (χ1) is 11.5. The Labute approximate surface area is 145 Å². The molecule has 0 aliphatic rings. The minimum absolute atomic E-state index is 0.187. The van der Waals surface area contributed by atoms with Gasteiger partial charge in [-0.25, -0.2) is 0 Å². The van der Waals surface area contributed by atoms with Crippen LogP contribution in [0, 0.1) is 0 Å². The molecule has 0 bridgehead atoms. The molecule has 7 heteroatoms. The van der Waals surface area contributed by atoms with Gasteiger partial charge in [0.2, 0.25) is 0 Å². The molecular weight excluding hydrogens is 328 g/mol. The molecule has 0 aliphatic carbocycles. The van der Waals surface area contributed by atoms with Crippen molar-refractivity contribution in [2.75, 3.05) is 26.6 Å². The molecule has 2 rings (SSSR count). The molecule has 2 aromatic rings. The average Bonchev–Trinajstić information content (AvgIpc) is 2.61. The van der Waals surface area contributed by atoms with Gasteiger partial charge < -0.3 is 19.5 Å². The Balaban J connectivity index is 2.04. The minimum Gasteiger partial charge on any atom is -0.497 e. The molecule has 0 spiro atoms. The molecule has 6 nitrogen and oxygen atoms in total. The van der Waals surface area contributed by atoms with Crippen LogP contribution in [0.2, 0.25) is 0 Å². The predicted octanol–water partition coefficient (Wildman–Crippen LogP) is 2.84. The maximum absolute atomic E-state index is 12.3. The lowest BCUT2D eigenvalue weighted by Crippen LogP contribution is -2.34. The molecule has 2 N–H and O–H groups in total. The van der Waals surface area contributed by atoms with Crippen molar-refractivity contribution in [2.45, 2.75) is 0 Å². The predicted molar refractivity (Wildman–Crippen MR) is 96.2 cm³/mol. The van der Waals surface area contributed by atoms with E-state index in [2.05, 4.69) is 10.6 Å². The highest BCUT2D eigenvalue weighted by Gasteiger charge is 2.11. The molecule has 0 unspecified atom stereocenters. The second-order valence-electron chi connectivity index (χ2n) is 4.74. The van der Waals surface area contributed by atoms with Crippen LogP contribution in [0.25, 0.3) is 0 Å². The summed E-state index contributed by atoms with van der Waals surface area (Å²) in [6, 6.07) is 12.1. The van der Waals surface area contributed by atoms with Crippen molar-refractivity contribution >= 4 is 28.9 Å².